The van der Waals surface area contributed by atoms with E-state index in [1.165, 1.54) is 25.7 Å². The summed E-state index contributed by atoms with van der Waals surface area (Å²) in [6, 6.07) is 0.688. The van der Waals surface area contributed by atoms with Crippen LogP contribution in [0.4, 0.5) is 11.4 Å². The van der Waals surface area contributed by atoms with Gasteiger partial charge in [-0.25, -0.2) is 0 Å². The van der Waals surface area contributed by atoms with E-state index in [1.54, 1.807) is 6.20 Å². The van der Waals surface area contributed by atoms with Gasteiger partial charge in [-0.1, -0.05) is 13.3 Å². The van der Waals surface area contributed by atoms with Crippen LogP contribution in [-0.2, 0) is 0 Å². The van der Waals surface area contributed by atoms with Crippen LogP contribution in [0, 0.1) is 0 Å². The van der Waals surface area contributed by atoms with Crippen LogP contribution in [0.1, 0.15) is 32.6 Å². The van der Waals surface area contributed by atoms with Gasteiger partial charge < -0.3 is 10.6 Å². The summed E-state index contributed by atoms with van der Waals surface area (Å²) in [5.41, 5.74) is 7.93. The largest absolute Gasteiger partial charge is 0.396 e. The Bertz CT molecular complexity index is 343. The van der Waals surface area contributed by atoms with Gasteiger partial charge >= 0.3 is 0 Å². The summed E-state index contributed by atoms with van der Waals surface area (Å²) >= 11 is 3.55. The van der Waals surface area contributed by atoms with Crippen LogP contribution in [-0.4, -0.2) is 17.6 Å². The molecule has 0 saturated heterocycles. The molecule has 2 rings (SSSR count). The summed E-state index contributed by atoms with van der Waals surface area (Å²) in [5, 5.41) is 0. The van der Waals surface area contributed by atoms with Crippen LogP contribution in [0.3, 0.4) is 0 Å². The number of hydrogen-bond donors (Lipinski definition) is 1. The highest BCUT2D eigenvalue weighted by atomic mass is 79.9. The molecule has 0 aliphatic heterocycles. The van der Waals surface area contributed by atoms with Gasteiger partial charge in [0.2, 0.25) is 0 Å². The van der Waals surface area contributed by atoms with Crippen molar-refractivity contribution in [1.29, 1.82) is 0 Å². The number of nitrogens with zero attached hydrogens (tertiary/aromatic N) is 2. The van der Waals surface area contributed by atoms with E-state index in [4.69, 9.17) is 5.73 Å². The lowest BCUT2D eigenvalue weighted by atomic mass is 10.2. The van der Waals surface area contributed by atoms with Gasteiger partial charge in [-0.05, 0) is 35.2 Å². The normalized spacial score (nSPS) is 15.1. The van der Waals surface area contributed by atoms with Crippen LogP contribution in [0.15, 0.2) is 16.9 Å². The van der Waals surface area contributed by atoms with E-state index in [2.05, 4.69) is 32.7 Å². The molecular formula is C12H18BrN3. The Morgan fingerprint density at radius 3 is 2.81 bits per heavy atom. The zero-order valence-corrected chi connectivity index (χ0v) is 11.2. The fourth-order valence-corrected chi connectivity index (χ4v) is 2.51. The zero-order valence-electron chi connectivity index (χ0n) is 9.62. The highest BCUT2D eigenvalue weighted by molar-refractivity contribution is 9.10. The van der Waals surface area contributed by atoms with Crippen LogP contribution in [0.25, 0.3) is 0 Å². The van der Waals surface area contributed by atoms with Gasteiger partial charge in [0.1, 0.15) is 0 Å². The number of rotatable bonds is 5. The minimum Gasteiger partial charge on any atom is -0.396 e. The lowest BCUT2D eigenvalue weighted by molar-refractivity contribution is 0.712. The fraction of sp³-hybridized carbons (Fsp3) is 0.583. The first-order valence-electron chi connectivity index (χ1n) is 5.89. The third-order valence-corrected chi connectivity index (χ3v) is 3.51. The number of unbranched alkanes of at least 4 members (excludes halogenated alkanes) is 1. The summed E-state index contributed by atoms with van der Waals surface area (Å²) in [7, 11) is 0. The lowest BCUT2D eigenvalue weighted by Crippen LogP contribution is -2.28. The highest BCUT2D eigenvalue weighted by Gasteiger charge is 2.30. The lowest BCUT2D eigenvalue weighted by Gasteiger charge is -2.26. The van der Waals surface area contributed by atoms with Crippen LogP contribution in [0.2, 0.25) is 0 Å². The second-order valence-electron chi connectivity index (χ2n) is 4.34. The van der Waals surface area contributed by atoms with E-state index < -0.39 is 0 Å². The van der Waals surface area contributed by atoms with E-state index in [9.17, 15) is 0 Å². The molecule has 3 nitrogen and oxygen atoms in total. The number of hydrogen-bond acceptors (Lipinski definition) is 3. The maximum absolute atomic E-state index is 6.03. The van der Waals surface area contributed by atoms with E-state index >= 15 is 0 Å². The Balaban J connectivity index is 2.23. The van der Waals surface area contributed by atoms with Crippen LogP contribution >= 0.6 is 15.9 Å². The number of aromatic nitrogens is 1. The standard InChI is InChI=1S/C12H18BrN3/c1-2-3-6-16(9-4-5-9)12-10(13)7-15-8-11(12)14/h7-9H,2-6,14H2,1H3. The first kappa shape index (κ1) is 11.7. The predicted molar refractivity (Wildman–Crippen MR) is 71.6 cm³/mol. The summed E-state index contributed by atoms with van der Waals surface area (Å²) in [5.74, 6) is 0. The van der Waals surface area contributed by atoms with Crippen molar-refractivity contribution in [1.82, 2.24) is 4.98 Å². The van der Waals surface area contributed by atoms with Gasteiger partial charge in [-0.15, -0.1) is 0 Å². The van der Waals surface area contributed by atoms with E-state index in [1.807, 2.05) is 6.20 Å². The zero-order chi connectivity index (χ0) is 11.5. The molecule has 1 saturated carbocycles. The Kier molecular flexibility index (Phi) is 3.69. The summed E-state index contributed by atoms with van der Waals surface area (Å²) < 4.78 is 1.01. The molecule has 4 heteroatoms. The molecule has 0 unspecified atom stereocenters. The van der Waals surface area contributed by atoms with Gasteiger partial charge in [0.05, 0.1) is 22.0 Å². The number of nitrogens with two attached hydrogens (primary N) is 1. The maximum Gasteiger partial charge on any atom is 0.0778 e. The summed E-state index contributed by atoms with van der Waals surface area (Å²) in [6.07, 6.45) is 8.57. The molecule has 1 aliphatic rings. The first-order chi connectivity index (χ1) is 7.74. The van der Waals surface area contributed by atoms with Crippen molar-refractivity contribution in [2.24, 2.45) is 0 Å². The number of nitrogen functional groups attached to an aromatic ring is 1. The van der Waals surface area contributed by atoms with Crippen LogP contribution < -0.4 is 10.6 Å². The van der Waals surface area contributed by atoms with Crippen molar-refractivity contribution in [2.75, 3.05) is 17.2 Å². The molecule has 1 heterocycles. The highest BCUT2D eigenvalue weighted by Crippen LogP contribution is 2.38. The minimum absolute atomic E-state index is 0.688. The second-order valence-corrected chi connectivity index (χ2v) is 5.19. The average molecular weight is 284 g/mol. The van der Waals surface area contributed by atoms with E-state index in [-0.39, 0.29) is 0 Å². The van der Waals surface area contributed by atoms with Crippen molar-refractivity contribution in [3.8, 4) is 0 Å². The van der Waals surface area contributed by atoms with Gasteiger partial charge in [0.25, 0.3) is 0 Å². The van der Waals surface area contributed by atoms with Crippen molar-refractivity contribution in [3.05, 3.63) is 16.9 Å². The van der Waals surface area contributed by atoms with Gasteiger partial charge in [0.15, 0.2) is 0 Å². The molecule has 1 aliphatic carbocycles. The summed E-state index contributed by atoms with van der Waals surface area (Å²) in [4.78, 5) is 6.52. The van der Waals surface area contributed by atoms with Crippen molar-refractivity contribution in [2.45, 2.75) is 38.6 Å². The van der Waals surface area contributed by atoms with Gasteiger partial charge in [0, 0.05) is 18.8 Å². The Morgan fingerprint density at radius 1 is 1.50 bits per heavy atom. The molecular weight excluding hydrogens is 266 g/mol. The first-order valence-corrected chi connectivity index (χ1v) is 6.69. The van der Waals surface area contributed by atoms with Crippen molar-refractivity contribution >= 4 is 27.3 Å². The van der Waals surface area contributed by atoms with Gasteiger partial charge in [-0.2, -0.15) is 0 Å². The van der Waals surface area contributed by atoms with Crippen molar-refractivity contribution in [3.63, 3.8) is 0 Å². The molecule has 1 aromatic rings. The SMILES string of the molecule is CCCCN(c1c(N)cncc1Br)C1CC1. The molecule has 0 bridgehead atoms. The minimum atomic E-state index is 0.688. The maximum atomic E-state index is 6.03. The molecule has 1 fully saturated rings. The third kappa shape index (κ3) is 2.48. The third-order valence-electron chi connectivity index (χ3n) is 2.93. The van der Waals surface area contributed by atoms with Crippen LogP contribution in [0.5, 0.6) is 0 Å². The van der Waals surface area contributed by atoms with E-state index in [0.717, 1.165) is 22.4 Å². The molecule has 1 aromatic heterocycles. The molecule has 2 N–H and O–H groups in total. The fourth-order valence-electron chi connectivity index (χ4n) is 1.94. The second kappa shape index (κ2) is 5.04. The number of pyridine rings is 1. The monoisotopic (exact) mass is 283 g/mol. The van der Waals surface area contributed by atoms with Gasteiger partial charge in [-0.3, -0.25) is 4.98 Å². The topological polar surface area (TPSA) is 42.1 Å². The smallest absolute Gasteiger partial charge is 0.0778 e. The molecule has 0 atom stereocenters. The number of anilines is 2. The number of halogens is 1. The average Bonchev–Trinajstić information content (AvgIpc) is 3.06. The molecule has 0 amide bonds. The molecule has 16 heavy (non-hydrogen) atoms. The molecule has 0 spiro atoms. The molecule has 0 aromatic carbocycles. The molecule has 0 radical (unpaired) electrons. The Morgan fingerprint density at radius 2 is 2.25 bits per heavy atom. The quantitative estimate of drug-likeness (QED) is 0.902. The Hall–Kier alpha value is -0.770. The summed E-state index contributed by atoms with van der Waals surface area (Å²) in [6.45, 7) is 3.31. The van der Waals surface area contributed by atoms with E-state index in [0.29, 0.717) is 6.04 Å². The predicted octanol–water partition coefficient (Wildman–Crippen LogP) is 3.20. The van der Waals surface area contributed by atoms with Crippen molar-refractivity contribution < 1.29 is 0 Å². The molecule has 88 valence electrons. The Labute approximate surface area is 105 Å².